The van der Waals surface area contributed by atoms with Gasteiger partial charge in [0.15, 0.2) is 12.2 Å². The molecular formula is C20H38O6. The third-order valence-corrected chi connectivity index (χ3v) is 3.08. The number of ether oxygens (including phenoxy) is 4. The highest BCUT2D eigenvalue weighted by Gasteiger charge is 2.38. The molecule has 26 heavy (non-hydrogen) atoms. The van der Waals surface area contributed by atoms with E-state index in [1.165, 1.54) is 0 Å². The number of rotatable bonds is 13. The number of carbonyl (C=O) groups is 2. The van der Waals surface area contributed by atoms with Crippen molar-refractivity contribution in [3.05, 3.63) is 0 Å². The molecule has 0 bridgehead atoms. The van der Waals surface area contributed by atoms with Crippen molar-refractivity contribution in [2.45, 2.75) is 67.6 Å². The minimum Gasteiger partial charge on any atom is -0.463 e. The van der Waals surface area contributed by atoms with Gasteiger partial charge >= 0.3 is 11.9 Å². The molecule has 0 aliphatic rings. The Kier molecular flexibility index (Phi) is 12.5. The van der Waals surface area contributed by atoms with Crippen molar-refractivity contribution in [2.24, 2.45) is 23.7 Å². The van der Waals surface area contributed by atoms with Gasteiger partial charge in [0, 0.05) is 0 Å². The third kappa shape index (κ3) is 11.5. The molecule has 0 aromatic heterocycles. The van der Waals surface area contributed by atoms with Gasteiger partial charge in [0.05, 0.1) is 26.4 Å². The largest absolute Gasteiger partial charge is 0.463 e. The van der Waals surface area contributed by atoms with Crippen molar-refractivity contribution < 1.29 is 28.5 Å². The standard InChI is InChI=1S/C20H38O6/c1-13(2)9-23-17(19(21)25-11-15(5)6)18(24-10-14(3)4)20(22)26-12-16(7)8/h13-18H,9-12H2,1-8H3. The Morgan fingerprint density at radius 1 is 0.538 bits per heavy atom. The number of hydrogen-bond acceptors (Lipinski definition) is 6. The van der Waals surface area contributed by atoms with Crippen LogP contribution in [0.2, 0.25) is 0 Å². The summed E-state index contributed by atoms with van der Waals surface area (Å²) < 4.78 is 22.1. The molecule has 6 heteroatoms. The van der Waals surface area contributed by atoms with Crippen LogP contribution in [-0.4, -0.2) is 50.6 Å². The molecule has 0 aromatic rings. The Morgan fingerprint density at radius 2 is 0.808 bits per heavy atom. The molecule has 6 nitrogen and oxygen atoms in total. The highest BCUT2D eigenvalue weighted by molar-refractivity contribution is 5.85. The van der Waals surface area contributed by atoms with Crippen LogP contribution in [-0.2, 0) is 28.5 Å². The SMILES string of the molecule is CC(C)COC(=O)C(OCC(C)C)C(OCC(C)C)C(=O)OCC(C)C. The van der Waals surface area contributed by atoms with Crippen LogP contribution in [0, 0.1) is 23.7 Å². The summed E-state index contributed by atoms with van der Waals surface area (Å²) in [5.41, 5.74) is 0. The minimum absolute atomic E-state index is 0.188. The van der Waals surface area contributed by atoms with E-state index in [9.17, 15) is 9.59 Å². The van der Waals surface area contributed by atoms with Gasteiger partial charge < -0.3 is 18.9 Å². The zero-order valence-corrected chi connectivity index (χ0v) is 17.7. The van der Waals surface area contributed by atoms with Crippen LogP contribution in [0.4, 0.5) is 0 Å². The molecule has 0 fully saturated rings. The van der Waals surface area contributed by atoms with Gasteiger partial charge in [-0.1, -0.05) is 55.4 Å². The average Bonchev–Trinajstić information content (AvgIpc) is 2.52. The molecule has 0 saturated carbocycles. The van der Waals surface area contributed by atoms with Crippen LogP contribution >= 0.6 is 0 Å². The van der Waals surface area contributed by atoms with Crippen LogP contribution in [0.1, 0.15) is 55.4 Å². The summed E-state index contributed by atoms with van der Waals surface area (Å²) in [6, 6.07) is 0. The maximum atomic E-state index is 12.6. The molecule has 0 amide bonds. The fourth-order valence-corrected chi connectivity index (χ4v) is 1.81. The predicted octanol–water partition coefficient (Wildman–Crippen LogP) is 3.47. The molecule has 0 radical (unpaired) electrons. The van der Waals surface area contributed by atoms with E-state index in [4.69, 9.17) is 18.9 Å². The van der Waals surface area contributed by atoms with Gasteiger partial charge in [-0.2, -0.15) is 0 Å². The molecule has 0 aromatic carbocycles. The first-order chi connectivity index (χ1) is 12.0. The molecular weight excluding hydrogens is 336 g/mol. The Balaban J connectivity index is 5.29. The predicted molar refractivity (Wildman–Crippen MR) is 101 cm³/mol. The summed E-state index contributed by atoms with van der Waals surface area (Å²) in [7, 11) is 0. The summed E-state index contributed by atoms with van der Waals surface area (Å²) in [6.45, 7) is 16.8. The van der Waals surface area contributed by atoms with Crippen molar-refractivity contribution in [1.29, 1.82) is 0 Å². The smallest absolute Gasteiger partial charge is 0.338 e. The molecule has 0 saturated heterocycles. The molecule has 2 atom stereocenters. The van der Waals surface area contributed by atoms with Crippen LogP contribution in [0.15, 0.2) is 0 Å². The first-order valence-corrected chi connectivity index (χ1v) is 9.61. The average molecular weight is 375 g/mol. The molecule has 0 spiro atoms. The Labute approximate surface area is 158 Å². The zero-order valence-electron chi connectivity index (χ0n) is 17.7. The highest BCUT2D eigenvalue weighted by atomic mass is 16.6. The van der Waals surface area contributed by atoms with Gasteiger partial charge in [-0.25, -0.2) is 9.59 Å². The molecule has 0 N–H and O–H groups in total. The second-order valence-corrected chi connectivity index (χ2v) is 8.34. The Morgan fingerprint density at radius 3 is 1.04 bits per heavy atom. The molecule has 0 rings (SSSR count). The maximum absolute atomic E-state index is 12.6. The fraction of sp³-hybridized carbons (Fsp3) is 0.900. The Bertz CT molecular complexity index is 365. The third-order valence-electron chi connectivity index (χ3n) is 3.08. The van der Waals surface area contributed by atoms with Crippen LogP contribution in [0.5, 0.6) is 0 Å². The van der Waals surface area contributed by atoms with E-state index in [0.29, 0.717) is 13.2 Å². The summed E-state index contributed by atoms with van der Waals surface area (Å²) in [4.78, 5) is 25.1. The lowest BCUT2D eigenvalue weighted by atomic mass is 10.1. The van der Waals surface area contributed by atoms with Gasteiger partial charge in [-0.3, -0.25) is 0 Å². The zero-order chi connectivity index (χ0) is 20.3. The van der Waals surface area contributed by atoms with Gasteiger partial charge in [-0.15, -0.1) is 0 Å². The molecule has 2 unspecified atom stereocenters. The van der Waals surface area contributed by atoms with Crippen molar-refractivity contribution in [2.75, 3.05) is 26.4 Å². The van der Waals surface area contributed by atoms with Crippen molar-refractivity contribution in [3.8, 4) is 0 Å². The lowest BCUT2D eigenvalue weighted by Crippen LogP contribution is -2.47. The summed E-state index contributed by atoms with van der Waals surface area (Å²) >= 11 is 0. The summed E-state index contributed by atoms with van der Waals surface area (Å²) in [6.07, 6.45) is -2.26. The van der Waals surface area contributed by atoms with Gasteiger partial charge in [-0.05, 0) is 23.7 Å². The minimum atomic E-state index is -1.13. The van der Waals surface area contributed by atoms with E-state index in [1.807, 2.05) is 55.4 Å². The van der Waals surface area contributed by atoms with Crippen LogP contribution in [0.25, 0.3) is 0 Å². The normalized spacial score (nSPS) is 14.2. The number of carbonyl (C=O) groups excluding carboxylic acids is 2. The first kappa shape index (κ1) is 24.9. The van der Waals surface area contributed by atoms with E-state index in [-0.39, 0.29) is 36.9 Å². The number of hydrogen-bond donors (Lipinski definition) is 0. The molecule has 0 heterocycles. The van der Waals surface area contributed by atoms with E-state index in [1.54, 1.807) is 0 Å². The Hall–Kier alpha value is -1.14. The first-order valence-electron chi connectivity index (χ1n) is 9.61. The lowest BCUT2D eigenvalue weighted by molar-refractivity contribution is -0.186. The molecule has 154 valence electrons. The van der Waals surface area contributed by atoms with Crippen LogP contribution in [0.3, 0.4) is 0 Å². The monoisotopic (exact) mass is 374 g/mol. The van der Waals surface area contributed by atoms with Gasteiger partial charge in [0.1, 0.15) is 0 Å². The molecule has 0 aliphatic carbocycles. The second-order valence-electron chi connectivity index (χ2n) is 8.34. The van der Waals surface area contributed by atoms with Crippen LogP contribution < -0.4 is 0 Å². The topological polar surface area (TPSA) is 71.1 Å². The van der Waals surface area contributed by atoms with E-state index in [2.05, 4.69) is 0 Å². The lowest BCUT2D eigenvalue weighted by Gasteiger charge is -2.26. The summed E-state index contributed by atoms with van der Waals surface area (Å²) in [5, 5.41) is 0. The van der Waals surface area contributed by atoms with Crippen molar-refractivity contribution in [3.63, 3.8) is 0 Å². The number of esters is 2. The maximum Gasteiger partial charge on any atom is 0.338 e. The van der Waals surface area contributed by atoms with E-state index < -0.39 is 24.1 Å². The second kappa shape index (κ2) is 13.1. The van der Waals surface area contributed by atoms with Gasteiger partial charge in [0.2, 0.25) is 0 Å². The fourth-order valence-electron chi connectivity index (χ4n) is 1.81. The van der Waals surface area contributed by atoms with Crippen molar-refractivity contribution >= 4 is 11.9 Å². The van der Waals surface area contributed by atoms with Crippen molar-refractivity contribution in [1.82, 2.24) is 0 Å². The van der Waals surface area contributed by atoms with Gasteiger partial charge in [0.25, 0.3) is 0 Å². The molecule has 0 aliphatic heterocycles. The highest BCUT2D eigenvalue weighted by Crippen LogP contribution is 2.14. The van der Waals surface area contributed by atoms with E-state index in [0.717, 1.165) is 0 Å². The van der Waals surface area contributed by atoms with E-state index >= 15 is 0 Å². The summed E-state index contributed by atoms with van der Waals surface area (Å²) in [5.74, 6) is -0.398. The quantitative estimate of drug-likeness (QED) is 0.460.